The lowest BCUT2D eigenvalue weighted by atomic mass is 10.1. The van der Waals surface area contributed by atoms with E-state index in [0.717, 1.165) is 31.5 Å². The van der Waals surface area contributed by atoms with Crippen molar-refractivity contribution in [2.24, 2.45) is 0 Å². The molecule has 1 atom stereocenters. The average molecular weight is 252 g/mol. The van der Waals surface area contributed by atoms with Crippen LogP contribution in [-0.2, 0) is 6.54 Å². The van der Waals surface area contributed by atoms with Crippen molar-refractivity contribution in [1.82, 2.24) is 9.78 Å². The summed E-state index contributed by atoms with van der Waals surface area (Å²) < 4.78 is 1.93. The number of nitrogens with zero attached hydrogens (tertiary/aromatic N) is 2. The first-order chi connectivity index (χ1) is 8.79. The van der Waals surface area contributed by atoms with E-state index < -0.39 is 0 Å². The minimum absolute atomic E-state index is 0.342. The van der Waals surface area contributed by atoms with E-state index in [4.69, 9.17) is 0 Å². The molecule has 0 aliphatic rings. The van der Waals surface area contributed by atoms with E-state index >= 15 is 0 Å². The predicted molar refractivity (Wildman–Crippen MR) is 75.5 cm³/mol. The molecule has 0 bridgehead atoms. The van der Waals surface area contributed by atoms with E-state index in [0.29, 0.717) is 0 Å². The van der Waals surface area contributed by atoms with Gasteiger partial charge in [0.2, 0.25) is 0 Å². The van der Waals surface area contributed by atoms with Gasteiger partial charge in [-0.05, 0) is 18.9 Å². The molecule has 1 aromatic heterocycles. The summed E-state index contributed by atoms with van der Waals surface area (Å²) in [6.45, 7) is 5.26. The monoisotopic (exact) mass is 252 g/mol. The highest BCUT2D eigenvalue weighted by molar-refractivity contribution is 5.04. The van der Waals surface area contributed by atoms with E-state index in [-0.39, 0.29) is 6.10 Å². The fourth-order valence-corrected chi connectivity index (χ4v) is 2.29. The fourth-order valence-electron chi connectivity index (χ4n) is 2.29. The van der Waals surface area contributed by atoms with Crippen LogP contribution in [0.15, 0.2) is 12.3 Å². The lowest BCUT2D eigenvalue weighted by Crippen LogP contribution is -2.09. The Kier molecular flexibility index (Phi) is 7.74. The van der Waals surface area contributed by atoms with Crippen LogP contribution in [0.5, 0.6) is 0 Å². The first-order valence-electron chi connectivity index (χ1n) is 7.49. The van der Waals surface area contributed by atoms with Gasteiger partial charge in [0.1, 0.15) is 0 Å². The molecule has 0 amide bonds. The van der Waals surface area contributed by atoms with E-state index in [9.17, 15) is 5.11 Å². The van der Waals surface area contributed by atoms with E-state index in [2.05, 4.69) is 18.9 Å². The molecular weight excluding hydrogens is 224 g/mol. The van der Waals surface area contributed by atoms with Gasteiger partial charge in [-0.3, -0.25) is 4.68 Å². The molecule has 0 spiro atoms. The standard InChI is InChI=1S/C15H28N2O/c1-3-5-6-7-8-9-10-15(18)14-11-12-16-17(14)13-4-2/h11-12,15,18H,3-10,13H2,1-2H3. The molecule has 0 aliphatic carbocycles. The van der Waals surface area contributed by atoms with Gasteiger partial charge in [0.15, 0.2) is 0 Å². The first kappa shape index (κ1) is 15.2. The van der Waals surface area contributed by atoms with Gasteiger partial charge in [0.05, 0.1) is 11.8 Å². The summed E-state index contributed by atoms with van der Waals surface area (Å²) in [5, 5.41) is 14.4. The van der Waals surface area contributed by atoms with Crippen molar-refractivity contribution in [2.75, 3.05) is 0 Å². The minimum Gasteiger partial charge on any atom is -0.387 e. The summed E-state index contributed by atoms with van der Waals surface area (Å²) >= 11 is 0. The summed E-state index contributed by atoms with van der Waals surface area (Å²) in [4.78, 5) is 0. The fraction of sp³-hybridized carbons (Fsp3) is 0.800. The smallest absolute Gasteiger partial charge is 0.0956 e. The Labute approximate surface area is 111 Å². The molecule has 3 heteroatoms. The Bertz CT molecular complexity index is 309. The second-order valence-corrected chi connectivity index (χ2v) is 5.05. The Morgan fingerprint density at radius 3 is 2.56 bits per heavy atom. The van der Waals surface area contributed by atoms with Crippen molar-refractivity contribution in [3.8, 4) is 0 Å². The van der Waals surface area contributed by atoms with Gasteiger partial charge in [-0.15, -0.1) is 0 Å². The molecule has 1 N–H and O–H groups in total. The first-order valence-corrected chi connectivity index (χ1v) is 7.49. The third-order valence-electron chi connectivity index (χ3n) is 3.36. The number of hydrogen-bond donors (Lipinski definition) is 1. The lowest BCUT2D eigenvalue weighted by Gasteiger charge is -2.12. The predicted octanol–water partition coefficient (Wildman–Crippen LogP) is 4.08. The van der Waals surface area contributed by atoms with Crippen molar-refractivity contribution in [3.05, 3.63) is 18.0 Å². The summed E-state index contributed by atoms with van der Waals surface area (Å²) in [6.07, 6.45) is 11.0. The molecule has 0 fully saturated rings. The highest BCUT2D eigenvalue weighted by Crippen LogP contribution is 2.20. The van der Waals surface area contributed by atoms with Gasteiger partial charge in [-0.25, -0.2) is 0 Å². The van der Waals surface area contributed by atoms with Gasteiger partial charge in [-0.1, -0.05) is 52.4 Å². The largest absolute Gasteiger partial charge is 0.387 e. The molecule has 1 heterocycles. The van der Waals surface area contributed by atoms with Crippen molar-refractivity contribution in [2.45, 2.75) is 77.9 Å². The van der Waals surface area contributed by atoms with Crippen molar-refractivity contribution in [1.29, 1.82) is 0 Å². The highest BCUT2D eigenvalue weighted by Gasteiger charge is 2.12. The highest BCUT2D eigenvalue weighted by atomic mass is 16.3. The van der Waals surface area contributed by atoms with Crippen LogP contribution in [0.4, 0.5) is 0 Å². The number of rotatable bonds is 10. The molecule has 3 nitrogen and oxygen atoms in total. The van der Waals surface area contributed by atoms with Crippen LogP contribution in [0.3, 0.4) is 0 Å². The van der Waals surface area contributed by atoms with Crippen LogP contribution in [0.2, 0.25) is 0 Å². The number of hydrogen-bond acceptors (Lipinski definition) is 2. The number of aliphatic hydroxyl groups is 1. The van der Waals surface area contributed by atoms with Crippen molar-refractivity contribution in [3.63, 3.8) is 0 Å². The third kappa shape index (κ3) is 5.21. The maximum Gasteiger partial charge on any atom is 0.0956 e. The van der Waals surface area contributed by atoms with Crippen molar-refractivity contribution >= 4 is 0 Å². The van der Waals surface area contributed by atoms with Gasteiger partial charge in [-0.2, -0.15) is 5.10 Å². The average Bonchev–Trinajstić information content (AvgIpc) is 2.82. The van der Waals surface area contributed by atoms with Crippen molar-refractivity contribution < 1.29 is 5.11 Å². The topological polar surface area (TPSA) is 38.1 Å². The minimum atomic E-state index is -0.342. The molecule has 1 unspecified atom stereocenters. The van der Waals surface area contributed by atoms with E-state index in [1.807, 2.05) is 10.7 Å². The Morgan fingerprint density at radius 1 is 1.11 bits per heavy atom. The van der Waals surface area contributed by atoms with Crippen LogP contribution >= 0.6 is 0 Å². The van der Waals surface area contributed by atoms with Crippen LogP contribution in [0.1, 0.15) is 77.0 Å². The third-order valence-corrected chi connectivity index (χ3v) is 3.36. The Hall–Kier alpha value is -0.830. The van der Waals surface area contributed by atoms with Gasteiger partial charge < -0.3 is 5.11 Å². The molecule has 1 rings (SSSR count). The second-order valence-electron chi connectivity index (χ2n) is 5.05. The Balaban J connectivity index is 2.23. The second kappa shape index (κ2) is 9.15. The SMILES string of the molecule is CCCCCCCCC(O)c1ccnn1CCC. The molecule has 104 valence electrons. The Morgan fingerprint density at radius 2 is 1.83 bits per heavy atom. The molecule has 0 saturated carbocycles. The van der Waals surface area contributed by atoms with Crippen LogP contribution in [0.25, 0.3) is 0 Å². The maximum absolute atomic E-state index is 10.2. The molecule has 1 aromatic rings. The summed E-state index contributed by atoms with van der Waals surface area (Å²) in [5.74, 6) is 0. The molecule has 0 aromatic carbocycles. The van der Waals surface area contributed by atoms with E-state index in [1.54, 1.807) is 6.20 Å². The van der Waals surface area contributed by atoms with Crippen LogP contribution in [-0.4, -0.2) is 14.9 Å². The molecule has 0 aliphatic heterocycles. The molecule has 18 heavy (non-hydrogen) atoms. The van der Waals surface area contributed by atoms with Crippen LogP contribution < -0.4 is 0 Å². The molecule has 0 saturated heterocycles. The van der Waals surface area contributed by atoms with Gasteiger partial charge in [0.25, 0.3) is 0 Å². The summed E-state index contributed by atoms with van der Waals surface area (Å²) in [6, 6.07) is 1.94. The summed E-state index contributed by atoms with van der Waals surface area (Å²) in [7, 11) is 0. The quantitative estimate of drug-likeness (QED) is 0.637. The molecule has 0 radical (unpaired) electrons. The van der Waals surface area contributed by atoms with Gasteiger partial charge in [0, 0.05) is 12.7 Å². The van der Waals surface area contributed by atoms with E-state index in [1.165, 1.54) is 32.1 Å². The molecular formula is C15H28N2O. The number of aromatic nitrogens is 2. The number of aryl methyl sites for hydroxylation is 1. The zero-order valence-corrected chi connectivity index (χ0v) is 11.9. The zero-order valence-electron chi connectivity index (χ0n) is 11.9. The number of aliphatic hydroxyl groups excluding tert-OH is 1. The number of unbranched alkanes of at least 4 members (excludes halogenated alkanes) is 5. The maximum atomic E-state index is 10.2. The summed E-state index contributed by atoms with van der Waals surface area (Å²) in [5.41, 5.74) is 0.977. The van der Waals surface area contributed by atoms with Gasteiger partial charge >= 0.3 is 0 Å². The van der Waals surface area contributed by atoms with Crippen LogP contribution in [0, 0.1) is 0 Å². The zero-order chi connectivity index (χ0) is 13.2. The lowest BCUT2D eigenvalue weighted by molar-refractivity contribution is 0.152. The normalized spacial score (nSPS) is 12.8.